The molecule has 0 fully saturated rings. The molecule has 0 aliphatic rings. The number of ether oxygens (including phenoxy) is 1. The average molecular weight is 304 g/mol. The fourth-order valence-electron chi connectivity index (χ4n) is 2.10. The normalized spacial score (nSPS) is 12.7. The van der Waals surface area contributed by atoms with Gasteiger partial charge < -0.3 is 9.84 Å². The number of phenols is 1. The Morgan fingerprint density at radius 2 is 1.95 bits per heavy atom. The van der Waals surface area contributed by atoms with Crippen molar-refractivity contribution in [3.05, 3.63) is 29.8 Å². The highest BCUT2D eigenvalue weighted by molar-refractivity contribution is 5.72. The number of carbonyl (C=O) groups excluding carboxylic acids is 1. The van der Waals surface area contributed by atoms with Gasteiger partial charge in [0.25, 0.3) is 0 Å². The van der Waals surface area contributed by atoms with E-state index in [-0.39, 0.29) is 24.3 Å². The summed E-state index contributed by atoms with van der Waals surface area (Å²) in [6, 6.07) is 8.95. The predicted octanol–water partition coefficient (Wildman–Crippen LogP) is 2.49. The Bertz CT molecular complexity index is 526. The number of likely N-dealkylation sites (N-methyl/N-ethyl adjacent to an activating group) is 1. The van der Waals surface area contributed by atoms with E-state index in [1.807, 2.05) is 44.9 Å². The van der Waals surface area contributed by atoms with Crippen LogP contribution in [0.1, 0.15) is 32.8 Å². The summed E-state index contributed by atoms with van der Waals surface area (Å²) in [6.45, 7) is 5.62. The van der Waals surface area contributed by atoms with Crippen molar-refractivity contribution in [2.45, 2.75) is 45.3 Å². The first-order valence-corrected chi connectivity index (χ1v) is 7.28. The number of esters is 1. The molecule has 1 atom stereocenters. The van der Waals surface area contributed by atoms with Crippen LogP contribution in [0.3, 0.4) is 0 Å². The van der Waals surface area contributed by atoms with Crippen molar-refractivity contribution < 1.29 is 14.6 Å². The van der Waals surface area contributed by atoms with Gasteiger partial charge in [-0.25, -0.2) is 0 Å². The molecule has 5 heteroatoms. The SMILES string of the molecule is CN(CC(=O)OC(C)(C)C)[C@H](CC#N)Cc1ccc(O)cc1. The minimum absolute atomic E-state index is 0.0814. The third-order valence-corrected chi connectivity index (χ3v) is 3.16. The molecule has 0 aliphatic carbocycles. The number of nitriles is 1. The summed E-state index contributed by atoms with van der Waals surface area (Å²) in [6.07, 6.45) is 0.952. The molecule has 1 N–H and O–H groups in total. The molecule has 0 spiro atoms. The first kappa shape index (κ1) is 18.0. The number of phenolic OH excluding ortho intramolecular Hbond substituents is 1. The van der Waals surface area contributed by atoms with Crippen molar-refractivity contribution in [2.24, 2.45) is 0 Å². The van der Waals surface area contributed by atoms with Gasteiger partial charge in [-0.15, -0.1) is 0 Å². The van der Waals surface area contributed by atoms with Crippen molar-refractivity contribution in [3.8, 4) is 11.8 Å². The molecular formula is C17H24N2O3. The van der Waals surface area contributed by atoms with E-state index in [0.29, 0.717) is 12.8 Å². The Kier molecular flexibility index (Phi) is 6.39. The lowest BCUT2D eigenvalue weighted by Crippen LogP contribution is -2.39. The molecule has 1 aromatic rings. The van der Waals surface area contributed by atoms with E-state index in [2.05, 4.69) is 6.07 Å². The van der Waals surface area contributed by atoms with Crippen molar-refractivity contribution in [2.75, 3.05) is 13.6 Å². The second-order valence-electron chi connectivity index (χ2n) is 6.39. The molecule has 1 rings (SSSR count). The Hall–Kier alpha value is -2.06. The lowest BCUT2D eigenvalue weighted by atomic mass is 10.0. The lowest BCUT2D eigenvalue weighted by molar-refractivity contribution is -0.156. The van der Waals surface area contributed by atoms with Crippen molar-refractivity contribution >= 4 is 5.97 Å². The molecule has 0 saturated heterocycles. The van der Waals surface area contributed by atoms with E-state index in [1.54, 1.807) is 12.1 Å². The summed E-state index contributed by atoms with van der Waals surface area (Å²) in [7, 11) is 1.81. The maximum atomic E-state index is 11.9. The highest BCUT2D eigenvalue weighted by atomic mass is 16.6. The van der Waals surface area contributed by atoms with Gasteiger partial charge in [-0.2, -0.15) is 5.26 Å². The largest absolute Gasteiger partial charge is 0.508 e. The molecule has 120 valence electrons. The second kappa shape index (κ2) is 7.81. The molecule has 22 heavy (non-hydrogen) atoms. The average Bonchev–Trinajstić information content (AvgIpc) is 2.38. The van der Waals surface area contributed by atoms with E-state index in [4.69, 9.17) is 10.00 Å². The summed E-state index contributed by atoms with van der Waals surface area (Å²) in [4.78, 5) is 13.7. The van der Waals surface area contributed by atoms with E-state index < -0.39 is 5.60 Å². The fraction of sp³-hybridized carbons (Fsp3) is 0.529. The Morgan fingerprint density at radius 1 is 1.36 bits per heavy atom. The fourth-order valence-corrected chi connectivity index (χ4v) is 2.10. The van der Waals surface area contributed by atoms with Crippen molar-refractivity contribution in [3.63, 3.8) is 0 Å². The molecule has 0 amide bonds. The summed E-state index contributed by atoms with van der Waals surface area (Å²) < 4.78 is 5.31. The minimum Gasteiger partial charge on any atom is -0.508 e. The summed E-state index contributed by atoms with van der Waals surface area (Å²) in [5.74, 6) is -0.0914. The molecule has 0 aromatic heterocycles. The second-order valence-corrected chi connectivity index (χ2v) is 6.39. The van der Waals surface area contributed by atoms with Gasteiger partial charge in [0.05, 0.1) is 19.0 Å². The number of hydrogen-bond donors (Lipinski definition) is 1. The Labute approximate surface area is 132 Å². The zero-order valence-electron chi connectivity index (χ0n) is 13.7. The minimum atomic E-state index is -0.514. The van der Waals surface area contributed by atoms with Crippen LogP contribution in [-0.4, -0.2) is 41.2 Å². The van der Waals surface area contributed by atoms with Crippen LogP contribution >= 0.6 is 0 Å². The number of hydrogen-bond acceptors (Lipinski definition) is 5. The van der Waals surface area contributed by atoms with Crippen LogP contribution in [-0.2, 0) is 16.0 Å². The van der Waals surface area contributed by atoms with E-state index in [1.165, 1.54) is 0 Å². The first-order valence-electron chi connectivity index (χ1n) is 7.28. The van der Waals surface area contributed by atoms with E-state index >= 15 is 0 Å². The Balaban J connectivity index is 2.67. The number of rotatable bonds is 6. The monoisotopic (exact) mass is 304 g/mol. The van der Waals surface area contributed by atoms with Gasteiger partial charge in [0.2, 0.25) is 0 Å². The summed E-state index contributed by atoms with van der Waals surface area (Å²) in [5.41, 5.74) is 0.494. The smallest absolute Gasteiger partial charge is 0.320 e. The molecule has 0 aliphatic heterocycles. The zero-order valence-corrected chi connectivity index (χ0v) is 13.7. The number of aromatic hydroxyl groups is 1. The molecule has 0 saturated carbocycles. The van der Waals surface area contributed by atoms with Crippen molar-refractivity contribution in [1.29, 1.82) is 5.26 Å². The van der Waals surface area contributed by atoms with E-state index in [9.17, 15) is 9.90 Å². The van der Waals surface area contributed by atoms with Gasteiger partial charge in [-0.1, -0.05) is 12.1 Å². The maximum Gasteiger partial charge on any atom is 0.320 e. The van der Waals surface area contributed by atoms with Gasteiger partial charge in [0.1, 0.15) is 11.4 Å². The van der Waals surface area contributed by atoms with Gasteiger partial charge in [-0.3, -0.25) is 9.69 Å². The maximum absolute atomic E-state index is 11.9. The molecule has 0 heterocycles. The van der Waals surface area contributed by atoms with Crippen LogP contribution in [0.2, 0.25) is 0 Å². The summed E-state index contributed by atoms with van der Waals surface area (Å²) >= 11 is 0. The van der Waals surface area contributed by atoms with Gasteiger partial charge in [0, 0.05) is 6.04 Å². The van der Waals surface area contributed by atoms with E-state index in [0.717, 1.165) is 5.56 Å². The number of nitrogens with zero attached hydrogens (tertiary/aromatic N) is 2. The predicted molar refractivity (Wildman–Crippen MR) is 84.3 cm³/mol. The van der Waals surface area contributed by atoms with Crippen LogP contribution in [0.15, 0.2) is 24.3 Å². The Morgan fingerprint density at radius 3 is 2.45 bits per heavy atom. The van der Waals surface area contributed by atoms with Crippen LogP contribution in [0.5, 0.6) is 5.75 Å². The molecule has 1 aromatic carbocycles. The van der Waals surface area contributed by atoms with Gasteiger partial charge in [0.15, 0.2) is 0 Å². The third-order valence-electron chi connectivity index (χ3n) is 3.16. The number of carbonyl (C=O) groups is 1. The summed E-state index contributed by atoms with van der Waals surface area (Å²) in [5, 5.41) is 18.3. The first-order chi connectivity index (χ1) is 10.2. The van der Waals surface area contributed by atoms with Crippen LogP contribution < -0.4 is 0 Å². The van der Waals surface area contributed by atoms with Crippen molar-refractivity contribution in [1.82, 2.24) is 4.90 Å². The molecule has 0 bridgehead atoms. The molecule has 5 nitrogen and oxygen atoms in total. The number of benzene rings is 1. The molecule has 0 unspecified atom stereocenters. The van der Waals surface area contributed by atoms with Gasteiger partial charge >= 0.3 is 5.97 Å². The highest BCUT2D eigenvalue weighted by Crippen LogP contribution is 2.15. The van der Waals surface area contributed by atoms with Gasteiger partial charge in [-0.05, 0) is 51.9 Å². The topological polar surface area (TPSA) is 73.6 Å². The molecular weight excluding hydrogens is 280 g/mol. The van der Waals surface area contributed by atoms with Crippen LogP contribution in [0.4, 0.5) is 0 Å². The lowest BCUT2D eigenvalue weighted by Gasteiger charge is -2.27. The highest BCUT2D eigenvalue weighted by Gasteiger charge is 2.22. The molecule has 0 radical (unpaired) electrons. The van der Waals surface area contributed by atoms with Crippen LogP contribution in [0, 0.1) is 11.3 Å². The standard InChI is InChI=1S/C17H24N2O3/c1-17(2,3)22-16(21)12-19(4)14(9-10-18)11-13-5-7-15(20)8-6-13/h5-8,14,20H,9,11-12H2,1-4H3/t14-/m1/s1. The quantitative estimate of drug-likeness (QED) is 0.817. The third kappa shape index (κ3) is 6.59. The van der Waals surface area contributed by atoms with Crippen LogP contribution in [0.25, 0.3) is 0 Å². The zero-order chi connectivity index (χ0) is 16.8.